The molecule has 0 bridgehead atoms. The van der Waals surface area contributed by atoms with E-state index in [0.717, 1.165) is 16.5 Å². The minimum absolute atomic E-state index is 0.149. The average molecular weight is 417 g/mol. The first-order chi connectivity index (χ1) is 13.2. The molecule has 0 radical (unpaired) electrons. The fourth-order valence-corrected chi connectivity index (χ4v) is 5.25. The molecule has 0 aliphatic carbocycles. The second-order valence-electron chi connectivity index (χ2n) is 6.20. The molecule has 4 heteroatoms. The number of aromatic nitrogens is 1. The maximum atomic E-state index is 12.6. The fourth-order valence-electron chi connectivity index (χ4n) is 2.97. The van der Waals surface area contributed by atoms with Crippen LogP contribution in [0.4, 0.5) is 5.69 Å². The van der Waals surface area contributed by atoms with Gasteiger partial charge in [0.1, 0.15) is 0 Å². The van der Waals surface area contributed by atoms with E-state index in [0.29, 0.717) is 5.69 Å². The van der Waals surface area contributed by atoms with E-state index < -0.39 is 0 Å². The Hall–Kier alpha value is -2.94. The van der Waals surface area contributed by atoms with Crippen molar-refractivity contribution in [2.45, 2.75) is 6.92 Å². The van der Waals surface area contributed by atoms with Gasteiger partial charge < -0.3 is 0 Å². The summed E-state index contributed by atoms with van der Waals surface area (Å²) in [5.74, 6) is -0.193. The van der Waals surface area contributed by atoms with Gasteiger partial charge in [0, 0.05) is 0 Å². The van der Waals surface area contributed by atoms with Crippen molar-refractivity contribution < 1.29 is 4.79 Å². The van der Waals surface area contributed by atoms with Crippen molar-refractivity contribution in [2.75, 3.05) is 5.32 Å². The van der Waals surface area contributed by atoms with Gasteiger partial charge in [-0.1, -0.05) is 0 Å². The molecule has 0 aliphatic heterocycles. The number of pyridine rings is 1. The Morgan fingerprint density at radius 3 is 2.37 bits per heavy atom. The molecule has 0 saturated heterocycles. The summed E-state index contributed by atoms with van der Waals surface area (Å²) in [6, 6.07) is 26.2. The molecule has 0 spiro atoms. The quantitative estimate of drug-likeness (QED) is 0.517. The summed E-state index contributed by atoms with van der Waals surface area (Å²) in [5, 5.41) is 5.28. The van der Waals surface area contributed by atoms with E-state index in [4.69, 9.17) is 0 Å². The number of carbonyl (C=O) groups is 1. The zero-order valence-electron chi connectivity index (χ0n) is 14.8. The summed E-state index contributed by atoms with van der Waals surface area (Å²) in [6.07, 6.45) is 1.63. The molecule has 4 aromatic rings. The van der Waals surface area contributed by atoms with Crippen molar-refractivity contribution in [1.82, 2.24) is 4.98 Å². The van der Waals surface area contributed by atoms with E-state index in [-0.39, 0.29) is 20.9 Å². The molecule has 1 amide bonds. The Morgan fingerprint density at radius 1 is 0.852 bits per heavy atom. The monoisotopic (exact) mass is 418 g/mol. The number of fused-ring (bicyclic) bond motifs is 1. The van der Waals surface area contributed by atoms with Gasteiger partial charge in [0.15, 0.2) is 0 Å². The summed E-state index contributed by atoms with van der Waals surface area (Å²) in [4.78, 5) is 16.8. The first-order valence-electron chi connectivity index (χ1n) is 8.70. The van der Waals surface area contributed by atoms with Crippen molar-refractivity contribution in [3.05, 3.63) is 96.3 Å². The molecule has 0 saturated carbocycles. The van der Waals surface area contributed by atoms with Crippen LogP contribution in [-0.2, 0) is 0 Å². The molecular formula is C23H18N2OSe. The SMILES string of the molecule is Cc1ccccc1[Se]c1cccc2cccc(NC(=O)c3ccccn3)c12. The molecule has 1 N–H and O–H groups in total. The van der Waals surface area contributed by atoms with Gasteiger partial charge in [-0.05, 0) is 0 Å². The summed E-state index contributed by atoms with van der Waals surface area (Å²) in [5.41, 5.74) is 2.54. The molecular weight excluding hydrogens is 399 g/mol. The van der Waals surface area contributed by atoms with Crippen LogP contribution in [0.1, 0.15) is 16.1 Å². The molecule has 132 valence electrons. The zero-order valence-corrected chi connectivity index (χ0v) is 16.6. The van der Waals surface area contributed by atoms with Gasteiger partial charge in [0.05, 0.1) is 0 Å². The molecule has 0 fully saturated rings. The third kappa shape index (κ3) is 3.77. The number of amides is 1. The topological polar surface area (TPSA) is 42.0 Å². The summed E-state index contributed by atoms with van der Waals surface area (Å²) < 4.78 is 2.61. The van der Waals surface area contributed by atoms with E-state index >= 15 is 0 Å². The molecule has 3 aromatic carbocycles. The van der Waals surface area contributed by atoms with Crippen molar-refractivity contribution in [3.8, 4) is 0 Å². The number of nitrogens with one attached hydrogen (secondary N) is 1. The zero-order chi connectivity index (χ0) is 18.6. The van der Waals surface area contributed by atoms with Crippen LogP contribution in [0, 0.1) is 6.92 Å². The van der Waals surface area contributed by atoms with E-state index in [1.54, 1.807) is 18.3 Å². The van der Waals surface area contributed by atoms with Gasteiger partial charge in [-0.25, -0.2) is 0 Å². The Bertz CT molecular complexity index is 1100. The van der Waals surface area contributed by atoms with Crippen LogP contribution in [0.15, 0.2) is 85.1 Å². The van der Waals surface area contributed by atoms with Crippen LogP contribution in [-0.4, -0.2) is 25.8 Å². The van der Waals surface area contributed by atoms with E-state index in [1.807, 2.05) is 18.2 Å². The van der Waals surface area contributed by atoms with Crippen molar-refractivity contribution in [1.29, 1.82) is 0 Å². The first-order valence-corrected chi connectivity index (χ1v) is 10.4. The molecule has 27 heavy (non-hydrogen) atoms. The van der Waals surface area contributed by atoms with Crippen molar-refractivity contribution in [2.24, 2.45) is 0 Å². The number of hydrogen-bond donors (Lipinski definition) is 1. The van der Waals surface area contributed by atoms with Gasteiger partial charge in [-0.2, -0.15) is 0 Å². The number of anilines is 1. The standard InChI is InChI=1S/C23H18N2OSe/c1-16-8-2-3-13-20(16)27-21-14-7-10-17-9-6-12-18(22(17)21)25-23(26)19-11-4-5-15-24-19/h2-15H,1H3,(H,25,26). The third-order valence-corrected chi connectivity index (χ3v) is 6.92. The van der Waals surface area contributed by atoms with Crippen LogP contribution < -0.4 is 14.2 Å². The van der Waals surface area contributed by atoms with Crippen LogP contribution in [0.3, 0.4) is 0 Å². The van der Waals surface area contributed by atoms with Gasteiger partial charge >= 0.3 is 165 Å². The molecule has 1 aromatic heterocycles. The number of aryl methyl sites for hydroxylation is 1. The minimum atomic E-state index is -0.193. The van der Waals surface area contributed by atoms with E-state index in [1.165, 1.54) is 14.5 Å². The van der Waals surface area contributed by atoms with E-state index in [2.05, 4.69) is 65.8 Å². The summed E-state index contributed by atoms with van der Waals surface area (Å²) >= 11 is 0.149. The van der Waals surface area contributed by atoms with Gasteiger partial charge in [0.2, 0.25) is 0 Å². The van der Waals surface area contributed by atoms with E-state index in [9.17, 15) is 4.79 Å². The van der Waals surface area contributed by atoms with Crippen molar-refractivity contribution in [3.63, 3.8) is 0 Å². The van der Waals surface area contributed by atoms with Crippen molar-refractivity contribution >= 4 is 46.2 Å². The van der Waals surface area contributed by atoms with Gasteiger partial charge in [-0.3, -0.25) is 0 Å². The molecule has 0 aliphatic rings. The second-order valence-corrected chi connectivity index (χ2v) is 8.47. The first kappa shape index (κ1) is 17.5. The predicted molar refractivity (Wildman–Crippen MR) is 112 cm³/mol. The number of rotatable bonds is 4. The van der Waals surface area contributed by atoms with Crippen LogP contribution in [0.2, 0.25) is 0 Å². The third-order valence-electron chi connectivity index (χ3n) is 4.33. The Kier molecular flexibility index (Phi) is 5.01. The van der Waals surface area contributed by atoms with Crippen LogP contribution in [0.25, 0.3) is 10.8 Å². The number of carbonyl (C=O) groups excluding carboxylic acids is 1. The Balaban J connectivity index is 1.75. The summed E-state index contributed by atoms with van der Waals surface area (Å²) in [6.45, 7) is 2.14. The average Bonchev–Trinajstić information content (AvgIpc) is 2.70. The maximum absolute atomic E-state index is 12.6. The number of hydrogen-bond acceptors (Lipinski definition) is 2. The molecule has 0 atom stereocenters. The molecule has 1 heterocycles. The number of nitrogens with zero attached hydrogens (tertiary/aromatic N) is 1. The normalized spacial score (nSPS) is 10.7. The summed E-state index contributed by atoms with van der Waals surface area (Å²) in [7, 11) is 0. The van der Waals surface area contributed by atoms with Gasteiger partial charge in [0.25, 0.3) is 0 Å². The van der Waals surface area contributed by atoms with Crippen LogP contribution >= 0.6 is 0 Å². The Morgan fingerprint density at radius 2 is 1.59 bits per heavy atom. The second kappa shape index (κ2) is 7.75. The fraction of sp³-hybridized carbons (Fsp3) is 0.0435. The predicted octanol–water partition coefficient (Wildman–Crippen LogP) is 3.45. The van der Waals surface area contributed by atoms with Crippen LogP contribution in [0.5, 0.6) is 0 Å². The molecule has 3 nitrogen and oxygen atoms in total. The van der Waals surface area contributed by atoms with Gasteiger partial charge in [-0.15, -0.1) is 0 Å². The Labute approximate surface area is 164 Å². The molecule has 0 unspecified atom stereocenters. The molecule has 4 rings (SSSR count). The number of benzene rings is 3.